The van der Waals surface area contributed by atoms with Crippen LogP contribution >= 0.6 is 0 Å². The van der Waals surface area contributed by atoms with E-state index in [1.165, 1.54) is 0 Å². The third-order valence-corrected chi connectivity index (χ3v) is 3.70. The van der Waals surface area contributed by atoms with Gasteiger partial charge in [-0.1, -0.05) is 5.16 Å². The van der Waals surface area contributed by atoms with E-state index in [1.54, 1.807) is 0 Å². The molecule has 0 radical (unpaired) electrons. The van der Waals surface area contributed by atoms with Gasteiger partial charge in [-0.05, 0) is 38.6 Å². The number of hydrogen-bond acceptors (Lipinski definition) is 8. The van der Waals surface area contributed by atoms with Crippen LogP contribution in [0.25, 0.3) is 0 Å². The fourth-order valence-corrected chi connectivity index (χ4v) is 2.23. The fourth-order valence-electron chi connectivity index (χ4n) is 2.23. The number of nitrogens with one attached hydrogen (secondary N) is 2. The van der Waals surface area contributed by atoms with Gasteiger partial charge in [0.1, 0.15) is 6.04 Å². The molecule has 0 spiro atoms. The van der Waals surface area contributed by atoms with Crippen molar-refractivity contribution in [3.05, 3.63) is 11.7 Å². The Morgan fingerprint density at radius 1 is 1.19 bits per heavy atom. The lowest BCUT2D eigenvalue weighted by Gasteiger charge is -2.14. The molecular formula is C15H27N7O5. The van der Waals surface area contributed by atoms with Crippen molar-refractivity contribution >= 4 is 17.9 Å². The van der Waals surface area contributed by atoms with Crippen molar-refractivity contribution in [2.24, 2.45) is 17.2 Å². The molecule has 1 aromatic heterocycles. The van der Waals surface area contributed by atoms with Crippen molar-refractivity contribution in [1.82, 2.24) is 20.8 Å². The van der Waals surface area contributed by atoms with E-state index in [0.717, 1.165) is 0 Å². The summed E-state index contributed by atoms with van der Waals surface area (Å²) in [6.07, 6.45) is 2.73. The normalized spacial score (nSPS) is 13.0. The van der Waals surface area contributed by atoms with Crippen LogP contribution in [-0.4, -0.2) is 45.7 Å². The van der Waals surface area contributed by atoms with E-state index in [2.05, 4.69) is 20.8 Å². The maximum Gasteiger partial charge on any atom is 0.326 e. The molecule has 0 bridgehead atoms. The van der Waals surface area contributed by atoms with Gasteiger partial charge in [-0.25, -0.2) is 9.59 Å². The predicted octanol–water partition coefficient (Wildman–Crippen LogP) is -0.894. The second-order valence-electron chi connectivity index (χ2n) is 6.01. The monoisotopic (exact) mass is 385 g/mol. The highest BCUT2D eigenvalue weighted by atomic mass is 16.5. The van der Waals surface area contributed by atoms with Gasteiger partial charge >= 0.3 is 12.0 Å². The van der Waals surface area contributed by atoms with Crippen LogP contribution in [0.5, 0.6) is 0 Å². The van der Waals surface area contributed by atoms with Gasteiger partial charge in [0.25, 0.3) is 0 Å². The zero-order chi connectivity index (χ0) is 20.2. The minimum absolute atomic E-state index is 0.0814. The fraction of sp³-hybridized carbons (Fsp3) is 0.667. The van der Waals surface area contributed by atoms with Crippen molar-refractivity contribution in [1.29, 1.82) is 0 Å². The van der Waals surface area contributed by atoms with E-state index in [0.29, 0.717) is 32.2 Å². The first-order valence-corrected chi connectivity index (χ1v) is 8.67. The first kappa shape index (κ1) is 22.3. The van der Waals surface area contributed by atoms with Gasteiger partial charge in [-0.2, -0.15) is 4.98 Å². The molecule has 0 unspecified atom stereocenters. The van der Waals surface area contributed by atoms with Crippen molar-refractivity contribution < 1.29 is 24.0 Å². The van der Waals surface area contributed by atoms with Gasteiger partial charge in [0, 0.05) is 6.42 Å². The molecule has 0 aromatic carbocycles. The van der Waals surface area contributed by atoms with Crippen molar-refractivity contribution in [3.63, 3.8) is 0 Å². The molecule has 1 aromatic rings. The zero-order valence-corrected chi connectivity index (χ0v) is 15.0. The highest BCUT2D eigenvalue weighted by Crippen LogP contribution is 2.13. The molecule has 0 aliphatic heterocycles. The average Bonchev–Trinajstić information content (AvgIpc) is 3.08. The summed E-state index contributed by atoms with van der Waals surface area (Å²) in [6.45, 7) is 0.380. The first-order valence-electron chi connectivity index (χ1n) is 8.67. The quantitative estimate of drug-likeness (QED) is 0.232. The lowest BCUT2D eigenvalue weighted by atomic mass is 10.1. The van der Waals surface area contributed by atoms with Crippen molar-refractivity contribution in [2.75, 3.05) is 6.54 Å². The molecule has 0 aliphatic carbocycles. The highest BCUT2D eigenvalue weighted by Gasteiger charge is 2.20. The molecule has 12 heteroatoms. The summed E-state index contributed by atoms with van der Waals surface area (Å²) >= 11 is 0. The van der Waals surface area contributed by atoms with E-state index in [4.69, 9.17) is 26.8 Å². The summed E-state index contributed by atoms with van der Waals surface area (Å²) in [4.78, 5) is 37.8. The SMILES string of the molecule is NCCCC[C@H](NC(=O)NCc1nc([C@@H](N)CCCC(N)=O)no1)C(=O)O. The summed E-state index contributed by atoms with van der Waals surface area (Å²) < 4.78 is 4.99. The number of nitrogens with zero attached hydrogens (tertiary/aromatic N) is 2. The number of carboxylic acid groups (broad SMARTS) is 1. The smallest absolute Gasteiger partial charge is 0.326 e. The topological polar surface area (TPSA) is 212 Å². The second-order valence-corrected chi connectivity index (χ2v) is 6.01. The molecule has 27 heavy (non-hydrogen) atoms. The number of primary amides is 1. The third kappa shape index (κ3) is 8.96. The lowest BCUT2D eigenvalue weighted by molar-refractivity contribution is -0.139. The maximum absolute atomic E-state index is 11.8. The number of carboxylic acids is 1. The molecule has 0 saturated carbocycles. The number of carbonyl (C=O) groups excluding carboxylic acids is 2. The number of nitrogens with two attached hydrogens (primary N) is 3. The molecular weight excluding hydrogens is 358 g/mol. The Morgan fingerprint density at radius 3 is 2.56 bits per heavy atom. The van der Waals surface area contributed by atoms with Crippen LogP contribution in [0.2, 0.25) is 0 Å². The summed E-state index contributed by atoms with van der Waals surface area (Å²) in [7, 11) is 0. The van der Waals surface area contributed by atoms with Gasteiger partial charge in [0.15, 0.2) is 5.82 Å². The molecule has 2 atom stereocenters. The van der Waals surface area contributed by atoms with Crippen LogP contribution in [0.4, 0.5) is 4.79 Å². The Bertz CT molecular complexity index is 621. The third-order valence-electron chi connectivity index (χ3n) is 3.70. The van der Waals surface area contributed by atoms with Crippen molar-refractivity contribution in [3.8, 4) is 0 Å². The lowest BCUT2D eigenvalue weighted by Crippen LogP contribution is -2.45. The van der Waals surface area contributed by atoms with E-state index in [-0.39, 0.29) is 31.1 Å². The number of unbranched alkanes of at least 4 members (excludes halogenated alkanes) is 1. The van der Waals surface area contributed by atoms with E-state index in [1.807, 2.05) is 0 Å². The van der Waals surface area contributed by atoms with E-state index >= 15 is 0 Å². The van der Waals surface area contributed by atoms with E-state index < -0.39 is 30.0 Å². The van der Waals surface area contributed by atoms with Crippen LogP contribution in [0.15, 0.2) is 4.52 Å². The number of rotatable bonds is 13. The highest BCUT2D eigenvalue weighted by molar-refractivity contribution is 5.82. The molecule has 1 heterocycles. The second kappa shape index (κ2) is 11.8. The first-order chi connectivity index (χ1) is 12.8. The Kier molecular flexibility index (Phi) is 9.75. The van der Waals surface area contributed by atoms with Gasteiger partial charge in [-0.3, -0.25) is 4.79 Å². The number of urea groups is 1. The number of amides is 3. The molecule has 12 nitrogen and oxygen atoms in total. The largest absolute Gasteiger partial charge is 0.480 e. The molecule has 9 N–H and O–H groups in total. The predicted molar refractivity (Wildman–Crippen MR) is 94.0 cm³/mol. The molecule has 3 amide bonds. The summed E-state index contributed by atoms with van der Waals surface area (Å²) in [5, 5.41) is 17.7. The van der Waals surface area contributed by atoms with Crippen LogP contribution < -0.4 is 27.8 Å². The molecule has 0 fully saturated rings. The molecule has 0 saturated heterocycles. The van der Waals surface area contributed by atoms with Crippen LogP contribution in [0, 0.1) is 0 Å². The van der Waals surface area contributed by atoms with Crippen molar-refractivity contribution in [2.45, 2.75) is 57.2 Å². The van der Waals surface area contributed by atoms with Crippen LogP contribution in [0.3, 0.4) is 0 Å². The number of aromatic nitrogens is 2. The Hall–Kier alpha value is -2.73. The minimum atomic E-state index is -1.12. The Labute approximate surface area is 156 Å². The maximum atomic E-state index is 11.8. The molecule has 0 aliphatic rings. The van der Waals surface area contributed by atoms with Gasteiger partial charge in [-0.15, -0.1) is 0 Å². The summed E-state index contributed by atoms with van der Waals surface area (Å²) in [5.74, 6) is -1.15. The summed E-state index contributed by atoms with van der Waals surface area (Å²) in [6, 6.07) is -2.19. The summed E-state index contributed by atoms with van der Waals surface area (Å²) in [5.41, 5.74) is 16.3. The number of carbonyl (C=O) groups is 3. The average molecular weight is 385 g/mol. The Morgan fingerprint density at radius 2 is 1.93 bits per heavy atom. The number of aliphatic carboxylic acids is 1. The van der Waals surface area contributed by atoms with E-state index in [9.17, 15) is 14.4 Å². The standard InChI is InChI=1S/C15H27N7O5/c16-7-2-1-5-10(14(24)25)20-15(26)19-8-12-21-13(22-27-12)9(17)4-3-6-11(18)23/h9-10H,1-8,16-17H2,(H2,18,23)(H,24,25)(H2,19,20,26)/t9-,10-/m0/s1. The molecule has 152 valence electrons. The van der Waals surface area contributed by atoms with Crippen LogP contribution in [-0.2, 0) is 16.1 Å². The van der Waals surface area contributed by atoms with Gasteiger partial charge in [0.05, 0.1) is 12.6 Å². The van der Waals surface area contributed by atoms with Gasteiger partial charge in [0.2, 0.25) is 11.8 Å². The minimum Gasteiger partial charge on any atom is -0.480 e. The van der Waals surface area contributed by atoms with Gasteiger partial charge < -0.3 is 37.5 Å². The van der Waals surface area contributed by atoms with Crippen LogP contribution in [0.1, 0.15) is 56.3 Å². The Balaban J connectivity index is 2.41. The molecule has 1 rings (SSSR count). The zero-order valence-electron chi connectivity index (χ0n) is 15.0. The number of hydrogen-bond donors (Lipinski definition) is 6.